The molecule has 1 aliphatic heterocycles. The van der Waals surface area contributed by atoms with Crippen molar-refractivity contribution in [3.05, 3.63) is 29.8 Å². The van der Waals surface area contributed by atoms with Crippen LogP contribution in [0.4, 0.5) is 10.7 Å². The van der Waals surface area contributed by atoms with Crippen molar-refractivity contribution in [3.8, 4) is 11.8 Å². The molecule has 1 aromatic heterocycles. The third kappa shape index (κ3) is 5.77. The summed E-state index contributed by atoms with van der Waals surface area (Å²) in [5.41, 5.74) is 0.915. The second-order valence-corrected chi connectivity index (χ2v) is 9.98. The summed E-state index contributed by atoms with van der Waals surface area (Å²) in [6.45, 7) is 5.79. The minimum atomic E-state index is -4.12. The number of methoxy groups -OCH3 is 2. The summed E-state index contributed by atoms with van der Waals surface area (Å²) in [6, 6.07) is 5.49. The standard InChI is InChI=1S/C19H25N5O5S2/c1-12(2)8-9-24-11-13-6-5-7-14(17(13)30-24)31(26,27)23-19(25)22-18-20-15(28-3)10-16(21-18)29-4/h5-7,10,12H,8-9,11H2,1-4H3,(H2,20,21,22,23,25). The molecule has 0 atom stereocenters. The van der Waals surface area contributed by atoms with E-state index in [2.05, 4.69) is 33.4 Å². The zero-order valence-corrected chi connectivity index (χ0v) is 19.3. The highest BCUT2D eigenvalue weighted by atomic mass is 32.2. The highest BCUT2D eigenvalue weighted by molar-refractivity contribution is 7.98. The van der Waals surface area contributed by atoms with E-state index in [9.17, 15) is 13.2 Å². The molecule has 12 heteroatoms. The zero-order chi connectivity index (χ0) is 22.6. The van der Waals surface area contributed by atoms with Crippen molar-refractivity contribution in [2.24, 2.45) is 5.92 Å². The van der Waals surface area contributed by atoms with Gasteiger partial charge in [0.1, 0.15) is 4.90 Å². The molecule has 0 saturated carbocycles. The van der Waals surface area contributed by atoms with Gasteiger partial charge in [-0.3, -0.25) is 5.32 Å². The highest BCUT2D eigenvalue weighted by Crippen LogP contribution is 2.40. The smallest absolute Gasteiger partial charge is 0.335 e. The van der Waals surface area contributed by atoms with E-state index in [0.29, 0.717) is 17.4 Å². The summed E-state index contributed by atoms with van der Waals surface area (Å²) in [6.07, 6.45) is 1.01. The molecule has 0 radical (unpaired) electrons. The van der Waals surface area contributed by atoms with Crippen molar-refractivity contribution in [1.29, 1.82) is 0 Å². The van der Waals surface area contributed by atoms with Crippen molar-refractivity contribution in [2.75, 3.05) is 26.1 Å². The van der Waals surface area contributed by atoms with Gasteiger partial charge in [0.25, 0.3) is 10.0 Å². The number of anilines is 1. The Morgan fingerprint density at radius 2 is 1.90 bits per heavy atom. The average molecular weight is 468 g/mol. The number of fused-ring (bicyclic) bond motifs is 1. The van der Waals surface area contributed by atoms with E-state index in [4.69, 9.17) is 9.47 Å². The quantitative estimate of drug-likeness (QED) is 0.564. The molecule has 0 aliphatic carbocycles. The Morgan fingerprint density at radius 1 is 1.23 bits per heavy atom. The van der Waals surface area contributed by atoms with E-state index in [1.165, 1.54) is 38.3 Å². The fraction of sp³-hybridized carbons (Fsp3) is 0.421. The molecule has 1 aliphatic rings. The van der Waals surface area contributed by atoms with E-state index < -0.39 is 16.1 Å². The molecule has 1 aromatic carbocycles. The van der Waals surface area contributed by atoms with Crippen molar-refractivity contribution in [2.45, 2.75) is 36.6 Å². The average Bonchev–Trinajstić information content (AvgIpc) is 3.14. The predicted molar refractivity (Wildman–Crippen MR) is 117 cm³/mol. The van der Waals surface area contributed by atoms with Gasteiger partial charge in [0.05, 0.1) is 20.3 Å². The first-order chi connectivity index (χ1) is 14.7. The number of carbonyl (C=O) groups excluding carboxylic acids is 1. The van der Waals surface area contributed by atoms with Crippen LogP contribution in [0.25, 0.3) is 0 Å². The Kier molecular flexibility index (Phi) is 7.23. The van der Waals surface area contributed by atoms with Gasteiger partial charge >= 0.3 is 6.03 Å². The minimum Gasteiger partial charge on any atom is -0.481 e. The maximum absolute atomic E-state index is 12.9. The lowest BCUT2D eigenvalue weighted by atomic mass is 10.1. The van der Waals surface area contributed by atoms with E-state index in [0.717, 1.165) is 18.5 Å². The molecule has 2 amide bonds. The number of nitrogens with zero attached hydrogens (tertiary/aromatic N) is 3. The fourth-order valence-electron chi connectivity index (χ4n) is 2.85. The van der Waals surface area contributed by atoms with Gasteiger partial charge < -0.3 is 9.47 Å². The van der Waals surface area contributed by atoms with E-state index in [1.807, 2.05) is 10.8 Å². The Balaban J connectivity index is 1.74. The van der Waals surface area contributed by atoms with Gasteiger partial charge in [-0.15, -0.1) is 0 Å². The first-order valence-electron chi connectivity index (χ1n) is 9.57. The van der Waals surface area contributed by atoms with Gasteiger partial charge in [-0.05, 0) is 35.9 Å². The van der Waals surface area contributed by atoms with Gasteiger partial charge in [-0.2, -0.15) is 9.97 Å². The van der Waals surface area contributed by atoms with Crippen molar-refractivity contribution in [3.63, 3.8) is 0 Å². The molecule has 0 saturated heterocycles. The van der Waals surface area contributed by atoms with Crippen LogP contribution in [0.5, 0.6) is 11.8 Å². The number of benzene rings is 1. The SMILES string of the molecule is COc1cc(OC)nc(NC(=O)NS(=O)(=O)c2cccc3c2SN(CCC(C)C)C3)n1. The minimum absolute atomic E-state index is 0.0568. The summed E-state index contributed by atoms with van der Waals surface area (Å²) in [4.78, 5) is 21.0. The molecule has 2 aromatic rings. The number of carbonyl (C=O) groups is 1. The van der Waals surface area contributed by atoms with Gasteiger partial charge in [0.15, 0.2) is 0 Å². The van der Waals surface area contributed by atoms with Crippen LogP contribution in [0.15, 0.2) is 34.1 Å². The van der Waals surface area contributed by atoms with Crippen LogP contribution in [-0.4, -0.2) is 49.5 Å². The number of hydrogen-bond donors (Lipinski definition) is 2. The summed E-state index contributed by atoms with van der Waals surface area (Å²) < 4.78 is 40.0. The van der Waals surface area contributed by atoms with Crippen molar-refractivity contribution in [1.82, 2.24) is 19.0 Å². The molecule has 0 fully saturated rings. The molecule has 168 valence electrons. The number of sulfonamides is 1. The number of aromatic nitrogens is 2. The first kappa shape index (κ1) is 23.1. The third-order valence-corrected chi connectivity index (χ3v) is 7.16. The van der Waals surface area contributed by atoms with Gasteiger partial charge in [-0.25, -0.2) is 22.2 Å². The molecule has 31 heavy (non-hydrogen) atoms. The highest BCUT2D eigenvalue weighted by Gasteiger charge is 2.29. The summed E-state index contributed by atoms with van der Waals surface area (Å²) in [7, 11) is -1.32. The molecule has 0 unspecified atom stereocenters. The van der Waals surface area contributed by atoms with E-state index in [-0.39, 0.29) is 22.6 Å². The largest absolute Gasteiger partial charge is 0.481 e. The molecule has 0 spiro atoms. The second kappa shape index (κ2) is 9.71. The maximum atomic E-state index is 12.9. The van der Waals surface area contributed by atoms with Crippen LogP contribution >= 0.6 is 11.9 Å². The number of urea groups is 1. The van der Waals surface area contributed by atoms with Crippen molar-refractivity contribution < 1.29 is 22.7 Å². The first-order valence-corrected chi connectivity index (χ1v) is 11.8. The molecule has 2 heterocycles. The summed E-state index contributed by atoms with van der Waals surface area (Å²) in [5, 5.41) is 2.30. The number of nitrogens with one attached hydrogen (secondary N) is 2. The molecular weight excluding hydrogens is 442 g/mol. The van der Waals surface area contributed by atoms with Crippen LogP contribution in [0, 0.1) is 5.92 Å². The summed E-state index contributed by atoms with van der Waals surface area (Å²) >= 11 is 1.40. The van der Waals surface area contributed by atoms with E-state index >= 15 is 0 Å². The Morgan fingerprint density at radius 3 is 2.52 bits per heavy atom. The normalized spacial score (nSPS) is 13.7. The lowest BCUT2D eigenvalue weighted by Gasteiger charge is -2.15. The molecule has 3 rings (SSSR count). The Hall–Kier alpha value is -2.57. The van der Waals surface area contributed by atoms with Crippen LogP contribution in [0.2, 0.25) is 0 Å². The Labute approximate surface area is 185 Å². The molecule has 0 bridgehead atoms. The topological polar surface area (TPSA) is 123 Å². The fourth-order valence-corrected chi connectivity index (χ4v) is 5.40. The van der Waals surface area contributed by atoms with E-state index in [1.54, 1.807) is 6.07 Å². The number of amides is 2. The van der Waals surface area contributed by atoms with Crippen LogP contribution < -0.4 is 19.5 Å². The lowest BCUT2D eigenvalue weighted by molar-refractivity contribution is 0.256. The van der Waals surface area contributed by atoms with Gasteiger partial charge in [0.2, 0.25) is 17.7 Å². The van der Waals surface area contributed by atoms with Crippen LogP contribution in [-0.2, 0) is 16.6 Å². The third-order valence-electron chi connectivity index (χ3n) is 4.42. The monoisotopic (exact) mass is 467 g/mol. The van der Waals surface area contributed by atoms with Gasteiger partial charge in [0, 0.05) is 18.0 Å². The summed E-state index contributed by atoms with van der Waals surface area (Å²) in [5.74, 6) is 0.708. The predicted octanol–water partition coefficient (Wildman–Crippen LogP) is 2.87. The van der Waals surface area contributed by atoms with Gasteiger partial charge in [-0.1, -0.05) is 26.0 Å². The zero-order valence-electron chi connectivity index (χ0n) is 17.7. The number of ether oxygens (including phenoxy) is 2. The number of hydrogen-bond acceptors (Lipinski definition) is 9. The Bertz CT molecular complexity index is 1040. The maximum Gasteiger partial charge on any atom is 0.335 e. The number of rotatable bonds is 8. The molecule has 10 nitrogen and oxygen atoms in total. The lowest BCUT2D eigenvalue weighted by Crippen LogP contribution is -2.35. The van der Waals surface area contributed by atoms with Crippen molar-refractivity contribution >= 4 is 34.0 Å². The molecule has 2 N–H and O–H groups in total. The second-order valence-electron chi connectivity index (χ2n) is 7.22. The molecular formula is C19H25N5O5S2. The van der Waals surface area contributed by atoms with Crippen LogP contribution in [0.1, 0.15) is 25.8 Å². The van der Waals surface area contributed by atoms with Crippen LogP contribution in [0.3, 0.4) is 0 Å².